The number of amides is 1. The van der Waals surface area contributed by atoms with Gasteiger partial charge in [-0.05, 0) is 42.2 Å². The quantitative estimate of drug-likeness (QED) is 0.826. The Kier molecular flexibility index (Phi) is 4.96. The summed E-state index contributed by atoms with van der Waals surface area (Å²) >= 11 is 0. The number of ether oxygens (including phenoxy) is 2. The van der Waals surface area contributed by atoms with Gasteiger partial charge in [0.15, 0.2) is 0 Å². The molecule has 2 heterocycles. The second-order valence-corrected chi connectivity index (χ2v) is 5.72. The maximum Gasteiger partial charge on any atom is 0.354 e. The summed E-state index contributed by atoms with van der Waals surface area (Å²) in [5.41, 5.74) is 2.77. The van der Waals surface area contributed by atoms with Crippen LogP contribution in [0, 0.1) is 0 Å². The number of nitrogens with one attached hydrogen (secondary N) is 2. The van der Waals surface area contributed by atoms with Crippen molar-refractivity contribution in [1.29, 1.82) is 0 Å². The Morgan fingerprint density at radius 3 is 2.75 bits per heavy atom. The zero-order chi connectivity index (χ0) is 16.9. The fraction of sp³-hybridized carbons (Fsp3) is 0.333. The largest absolute Gasteiger partial charge is 0.464 e. The van der Waals surface area contributed by atoms with Gasteiger partial charge in [0.05, 0.1) is 13.2 Å². The molecule has 0 aliphatic carbocycles. The van der Waals surface area contributed by atoms with Crippen LogP contribution < -0.4 is 5.32 Å². The Balaban J connectivity index is 1.63. The Bertz CT molecular complexity index is 715. The zero-order valence-electron chi connectivity index (χ0n) is 13.5. The third-order valence-corrected chi connectivity index (χ3v) is 4.08. The molecule has 1 saturated heterocycles. The molecule has 0 bridgehead atoms. The number of aromatic nitrogens is 1. The molecule has 24 heavy (non-hydrogen) atoms. The van der Waals surface area contributed by atoms with Gasteiger partial charge >= 0.3 is 5.97 Å². The van der Waals surface area contributed by atoms with Crippen molar-refractivity contribution in [2.45, 2.75) is 18.9 Å². The van der Waals surface area contributed by atoms with E-state index in [-0.39, 0.29) is 12.0 Å². The molecule has 1 aliphatic heterocycles. The number of H-pyrrole nitrogens is 1. The Hall–Kier alpha value is -2.60. The molecule has 1 atom stereocenters. The van der Waals surface area contributed by atoms with Crippen LogP contribution in [0.3, 0.4) is 0 Å². The van der Waals surface area contributed by atoms with Crippen molar-refractivity contribution in [1.82, 2.24) is 10.3 Å². The number of hydrogen-bond donors (Lipinski definition) is 2. The van der Waals surface area contributed by atoms with Crippen LogP contribution in [0.15, 0.2) is 36.5 Å². The molecule has 0 radical (unpaired) electrons. The summed E-state index contributed by atoms with van der Waals surface area (Å²) in [5, 5.41) is 2.90. The van der Waals surface area contributed by atoms with Crippen LogP contribution in [0.25, 0.3) is 11.1 Å². The first kappa shape index (κ1) is 16.3. The van der Waals surface area contributed by atoms with Crippen molar-refractivity contribution >= 4 is 11.9 Å². The van der Waals surface area contributed by atoms with E-state index in [1.807, 2.05) is 12.1 Å². The molecule has 126 valence electrons. The Morgan fingerprint density at radius 2 is 2.08 bits per heavy atom. The van der Waals surface area contributed by atoms with E-state index in [1.54, 1.807) is 24.4 Å². The first-order chi connectivity index (χ1) is 11.7. The molecule has 1 aromatic heterocycles. The number of carbonyl (C=O) groups excluding carboxylic acids is 2. The minimum absolute atomic E-state index is 0.110. The maximum atomic E-state index is 12.1. The average Bonchev–Trinajstić information content (AvgIpc) is 3.31. The number of hydrogen-bond acceptors (Lipinski definition) is 4. The van der Waals surface area contributed by atoms with Crippen LogP contribution >= 0.6 is 0 Å². The highest BCUT2D eigenvalue weighted by Crippen LogP contribution is 2.21. The van der Waals surface area contributed by atoms with Gasteiger partial charge < -0.3 is 19.8 Å². The molecule has 0 saturated carbocycles. The lowest BCUT2D eigenvalue weighted by molar-refractivity contribution is 0.0594. The van der Waals surface area contributed by atoms with Gasteiger partial charge in [-0.3, -0.25) is 4.79 Å². The lowest BCUT2D eigenvalue weighted by Gasteiger charge is -2.11. The molecule has 1 fully saturated rings. The molecular formula is C18H20N2O4. The molecule has 0 spiro atoms. The Labute approximate surface area is 140 Å². The third-order valence-electron chi connectivity index (χ3n) is 4.08. The standard InChI is InChI=1S/C18H20N2O4/c1-23-18(22)16-9-14(10-19-16)12-4-6-13(7-5-12)17(21)20-11-15-3-2-8-24-15/h4-7,9-10,15,19H,2-3,8,11H2,1H3,(H,20,21)/t15-/m1/s1. The molecule has 1 aliphatic rings. The summed E-state index contributed by atoms with van der Waals surface area (Å²) in [6.45, 7) is 1.32. The molecule has 3 rings (SSSR count). The minimum atomic E-state index is -0.411. The van der Waals surface area contributed by atoms with Crippen molar-refractivity contribution in [3.63, 3.8) is 0 Å². The van der Waals surface area contributed by atoms with Crippen LogP contribution in [0.4, 0.5) is 0 Å². The summed E-state index contributed by atoms with van der Waals surface area (Å²) in [6, 6.07) is 8.96. The monoisotopic (exact) mass is 328 g/mol. The van der Waals surface area contributed by atoms with Crippen molar-refractivity contribution in [3.05, 3.63) is 47.8 Å². The molecule has 2 aromatic rings. The van der Waals surface area contributed by atoms with Crippen LogP contribution in [-0.4, -0.2) is 43.2 Å². The van der Waals surface area contributed by atoms with E-state index in [4.69, 9.17) is 4.74 Å². The van der Waals surface area contributed by atoms with Crippen molar-refractivity contribution in [2.75, 3.05) is 20.3 Å². The van der Waals surface area contributed by atoms with Gasteiger partial charge in [-0.2, -0.15) is 0 Å². The summed E-state index contributed by atoms with van der Waals surface area (Å²) in [7, 11) is 1.34. The van der Waals surface area contributed by atoms with E-state index in [1.165, 1.54) is 7.11 Å². The molecule has 0 unspecified atom stereocenters. The van der Waals surface area contributed by atoms with Gasteiger partial charge in [0, 0.05) is 24.9 Å². The SMILES string of the molecule is COC(=O)c1cc(-c2ccc(C(=O)NC[C@H]3CCCO3)cc2)c[nH]1. The Morgan fingerprint density at radius 1 is 1.29 bits per heavy atom. The second-order valence-electron chi connectivity index (χ2n) is 5.72. The first-order valence-corrected chi connectivity index (χ1v) is 7.94. The van der Waals surface area contributed by atoms with Gasteiger partial charge in [-0.1, -0.05) is 12.1 Å². The summed E-state index contributed by atoms with van der Waals surface area (Å²) in [5.74, 6) is -0.521. The van der Waals surface area contributed by atoms with Crippen LogP contribution in [0.2, 0.25) is 0 Å². The number of benzene rings is 1. The molecule has 6 nitrogen and oxygen atoms in total. The van der Waals surface area contributed by atoms with Crippen LogP contribution in [-0.2, 0) is 9.47 Å². The minimum Gasteiger partial charge on any atom is -0.464 e. The highest BCUT2D eigenvalue weighted by Gasteiger charge is 2.16. The number of methoxy groups -OCH3 is 1. The van der Waals surface area contributed by atoms with E-state index in [0.29, 0.717) is 17.8 Å². The van der Waals surface area contributed by atoms with Crippen molar-refractivity contribution < 1.29 is 19.1 Å². The van der Waals surface area contributed by atoms with Gasteiger partial charge in [-0.15, -0.1) is 0 Å². The first-order valence-electron chi connectivity index (χ1n) is 7.94. The summed E-state index contributed by atoms with van der Waals surface area (Å²) in [6.07, 6.45) is 3.91. The fourth-order valence-corrected chi connectivity index (χ4v) is 2.72. The van der Waals surface area contributed by atoms with Gasteiger partial charge in [0.2, 0.25) is 0 Å². The van der Waals surface area contributed by atoms with Gasteiger partial charge in [0.25, 0.3) is 5.91 Å². The highest BCUT2D eigenvalue weighted by molar-refractivity contribution is 5.95. The number of aromatic amines is 1. The molecule has 1 amide bonds. The maximum absolute atomic E-state index is 12.1. The smallest absolute Gasteiger partial charge is 0.354 e. The van der Waals surface area contributed by atoms with Gasteiger partial charge in [0.1, 0.15) is 5.69 Å². The molecule has 1 aromatic carbocycles. The summed E-state index contributed by atoms with van der Waals surface area (Å²) in [4.78, 5) is 26.5. The number of carbonyl (C=O) groups is 2. The fourth-order valence-electron chi connectivity index (χ4n) is 2.72. The topological polar surface area (TPSA) is 80.4 Å². The number of rotatable bonds is 5. The molecule has 2 N–H and O–H groups in total. The van der Waals surface area contributed by atoms with E-state index in [9.17, 15) is 9.59 Å². The van der Waals surface area contributed by atoms with Crippen molar-refractivity contribution in [3.8, 4) is 11.1 Å². The van der Waals surface area contributed by atoms with E-state index in [2.05, 4.69) is 15.0 Å². The van der Waals surface area contributed by atoms with Crippen molar-refractivity contribution in [2.24, 2.45) is 0 Å². The summed E-state index contributed by atoms with van der Waals surface area (Å²) < 4.78 is 10.2. The molecular weight excluding hydrogens is 308 g/mol. The second kappa shape index (κ2) is 7.31. The van der Waals surface area contributed by atoms with Gasteiger partial charge in [-0.25, -0.2) is 4.79 Å². The zero-order valence-corrected chi connectivity index (χ0v) is 13.5. The lowest BCUT2D eigenvalue weighted by atomic mass is 10.1. The van der Waals surface area contributed by atoms with Crippen LogP contribution in [0.1, 0.15) is 33.7 Å². The van der Waals surface area contributed by atoms with E-state index < -0.39 is 5.97 Å². The van der Waals surface area contributed by atoms with E-state index >= 15 is 0 Å². The normalized spacial score (nSPS) is 16.8. The number of esters is 1. The van der Waals surface area contributed by atoms with Crippen LogP contribution in [0.5, 0.6) is 0 Å². The lowest BCUT2D eigenvalue weighted by Crippen LogP contribution is -2.31. The predicted octanol–water partition coefficient (Wildman–Crippen LogP) is 2.38. The predicted molar refractivity (Wildman–Crippen MR) is 88.9 cm³/mol. The average molecular weight is 328 g/mol. The third kappa shape index (κ3) is 3.65. The highest BCUT2D eigenvalue weighted by atomic mass is 16.5. The molecule has 6 heteroatoms. The van der Waals surface area contributed by atoms with E-state index in [0.717, 1.165) is 30.6 Å².